The van der Waals surface area contributed by atoms with Crippen molar-refractivity contribution in [2.45, 2.75) is 6.42 Å². The molecule has 2 aromatic carbocycles. The standard InChI is InChI=1S/C24H22N2O4/c1-29-21-11-10-16(14-22(21)30-2)13-20(27)19-15-26(17-7-4-3-5-8-17)24-18(23(19)28)9-6-12-25-24/h3-12,14,28H,13,15H2,1-2H3. The van der Waals surface area contributed by atoms with Crippen molar-refractivity contribution in [2.75, 3.05) is 25.7 Å². The summed E-state index contributed by atoms with van der Waals surface area (Å²) in [7, 11) is 3.12. The van der Waals surface area contributed by atoms with Crippen LogP contribution in [-0.4, -0.2) is 36.6 Å². The van der Waals surface area contributed by atoms with E-state index in [1.54, 1.807) is 44.7 Å². The number of hydrogen-bond donors (Lipinski definition) is 1. The topological polar surface area (TPSA) is 71.9 Å². The van der Waals surface area contributed by atoms with Gasteiger partial charge in [-0.15, -0.1) is 0 Å². The highest BCUT2D eigenvalue weighted by Gasteiger charge is 2.29. The van der Waals surface area contributed by atoms with Crippen LogP contribution in [0.25, 0.3) is 5.76 Å². The van der Waals surface area contributed by atoms with Crippen LogP contribution >= 0.6 is 0 Å². The van der Waals surface area contributed by atoms with Crippen molar-refractivity contribution in [1.82, 2.24) is 4.98 Å². The molecule has 1 aromatic heterocycles. The van der Waals surface area contributed by atoms with E-state index in [9.17, 15) is 9.90 Å². The van der Waals surface area contributed by atoms with Gasteiger partial charge in [0.05, 0.1) is 31.9 Å². The van der Waals surface area contributed by atoms with Gasteiger partial charge in [0.1, 0.15) is 11.6 Å². The Morgan fingerprint density at radius 2 is 1.80 bits per heavy atom. The Kier molecular flexibility index (Phi) is 5.39. The Morgan fingerprint density at radius 1 is 1.03 bits per heavy atom. The SMILES string of the molecule is COc1ccc(CC(=O)C2=C(O)c3cccnc3N(c3ccccc3)C2)cc1OC. The van der Waals surface area contributed by atoms with E-state index in [0.29, 0.717) is 28.5 Å². The van der Waals surface area contributed by atoms with Gasteiger partial charge in [-0.1, -0.05) is 24.3 Å². The van der Waals surface area contributed by atoms with Crippen LogP contribution in [0.2, 0.25) is 0 Å². The van der Waals surface area contributed by atoms with E-state index >= 15 is 0 Å². The number of para-hydroxylation sites is 1. The second kappa shape index (κ2) is 8.29. The number of fused-ring (bicyclic) bond motifs is 1. The number of aromatic nitrogens is 1. The van der Waals surface area contributed by atoms with Crippen LogP contribution in [0.15, 0.2) is 72.4 Å². The Labute approximate surface area is 175 Å². The summed E-state index contributed by atoms with van der Waals surface area (Å²) in [5.74, 6) is 1.61. The minimum absolute atomic E-state index is 0.0178. The van der Waals surface area contributed by atoms with E-state index in [1.165, 1.54) is 0 Å². The molecule has 30 heavy (non-hydrogen) atoms. The number of pyridine rings is 1. The number of rotatable bonds is 6. The lowest BCUT2D eigenvalue weighted by Gasteiger charge is -2.31. The maximum atomic E-state index is 13.2. The molecule has 152 valence electrons. The van der Waals surface area contributed by atoms with Crippen molar-refractivity contribution in [3.05, 3.63) is 83.6 Å². The normalized spacial score (nSPS) is 13.1. The average molecular weight is 402 g/mol. The van der Waals surface area contributed by atoms with Crippen LogP contribution in [0.3, 0.4) is 0 Å². The second-order valence-electron chi connectivity index (χ2n) is 6.91. The number of carbonyl (C=O) groups excluding carboxylic acids is 1. The summed E-state index contributed by atoms with van der Waals surface area (Å²) >= 11 is 0. The number of benzene rings is 2. The number of Topliss-reactive ketones (excluding diaryl/α,β-unsaturated/α-hetero) is 1. The summed E-state index contributed by atoms with van der Waals surface area (Å²) in [6.07, 6.45) is 1.82. The summed E-state index contributed by atoms with van der Waals surface area (Å²) in [6, 6.07) is 18.6. The third-order valence-corrected chi connectivity index (χ3v) is 5.12. The molecule has 0 fully saturated rings. The van der Waals surface area contributed by atoms with Crippen molar-refractivity contribution >= 4 is 23.0 Å². The van der Waals surface area contributed by atoms with E-state index in [4.69, 9.17) is 9.47 Å². The van der Waals surface area contributed by atoms with Gasteiger partial charge in [0.25, 0.3) is 0 Å². The predicted molar refractivity (Wildman–Crippen MR) is 115 cm³/mol. The molecule has 0 unspecified atom stereocenters. The highest BCUT2D eigenvalue weighted by atomic mass is 16.5. The molecule has 0 atom stereocenters. The minimum Gasteiger partial charge on any atom is -0.507 e. The molecule has 4 rings (SSSR count). The lowest BCUT2D eigenvalue weighted by Crippen LogP contribution is -2.30. The van der Waals surface area contributed by atoms with Crippen LogP contribution in [0.1, 0.15) is 11.1 Å². The van der Waals surface area contributed by atoms with Crippen LogP contribution < -0.4 is 14.4 Å². The van der Waals surface area contributed by atoms with Crippen LogP contribution in [-0.2, 0) is 11.2 Å². The van der Waals surface area contributed by atoms with Crippen LogP contribution in [0.5, 0.6) is 11.5 Å². The van der Waals surface area contributed by atoms with Crippen molar-refractivity contribution < 1.29 is 19.4 Å². The molecule has 0 aliphatic carbocycles. The number of aliphatic hydroxyl groups excluding tert-OH is 1. The molecule has 6 nitrogen and oxygen atoms in total. The number of anilines is 2. The van der Waals surface area contributed by atoms with Gasteiger partial charge in [-0.25, -0.2) is 4.98 Å². The van der Waals surface area contributed by atoms with Gasteiger partial charge < -0.3 is 19.5 Å². The second-order valence-corrected chi connectivity index (χ2v) is 6.91. The Balaban J connectivity index is 1.69. The van der Waals surface area contributed by atoms with E-state index in [-0.39, 0.29) is 24.5 Å². The molecule has 1 aliphatic rings. The van der Waals surface area contributed by atoms with Crippen molar-refractivity contribution in [3.63, 3.8) is 0 Å². The Morgan fingerprint density at radius 3 is 2.53 bits per heavy atom. The molecule has 0 saturated carbocycles. The Bertz CT molecular complexity index is 1110. The third kappa shape index (κ3) is 3.59. The van der Waals surface area contributed by atoms with E-state index in [1.807, 2.05) is 41.3 Å². The summed E-state index contributed by atoms with van der Waals surface area (Å²) in [4.78, 5) is 19.6. The summed E-state index contributed by atoms with van der Waals surface area (Å²) in [5.41, 5.74) is 2.58. The number of ketones is 1. The average Bonchev–Trinajstić information content (AvgIpc) is 2.80. The predicted octanol–water partition coefficient (Wildman–Crippen LogP) is 4.33. The monoisotopic (exact) mass is 402 g/mol. The largest absolute Gasteiger partial charge is 0.507 e. The zero-order chi connectivity index (χ0) is 21.1. The van der Waals surface area contributed by atoms with Gasteiger partial charge in [0.2, 0.25) is 0 Å². The van der Waals surface area contributed by atoms with E-state index in [0.717, 1.165) is 11.3 Å². The maximum absolute atomic E-state index is 13.2. The molecular weight excluding hydrogens is 380 g/mol. The van der Waals surface area contributed by atoms with Gasteiger partial charge >= 0.3 is 0 Å². The zero-order valence-corrected chi connectivity index (χ0v) is 16.8. The van der Waals surface area contributed by atoms with Crippen LogP contribution in [0, 0.1) is 0 Å². The van der Waals surface area contributed by atoms with E-state index < -0.39 is 0 Å². The molecule has 6 heteroatoms. The minimum atomic E-state index is -0.157. The lowest BCUT2D eigenvalue weighted by atomic mass is 9.95. The number of methoxy groups -OCH3 is 2. The molecule has 0 saturated heterocycles. The molecule has 3 aromatic rings. The van der Waals surface area contributed by atoms with Gasteiger partial charge in [0, 0.05) is 18.3 Å². The summed E-state index contributed by atoms with van der Waals surface area (Å²) < 4.78 is 10.6. The fourth-order valence-corrected chi connectivity index (χ4v) is 3.59. The quantitative estimate of drug-likeness (QED) is 0.662. The molecule has 0 amide bonds. The van der Waals surface area contributed by atoms with Crippen LogP contribution in [0.4, 0.5) is 11.5 Å². The van der Waals surface area contributed by atoms with Crippen molar-refractivity contribution in [3.8, 4) is 11.5 Å². The zero-order valence-electron chi connectivity index (χ0n) is 16.8. The fourth-order valence-electron chi connectivity index (χ4n) is 3.59. The molecule has 0 radical (unpaired) electrons. The number of ether oxygens (including phenoxy) is 2. The molecule has 0 bridgehead atoms. The lowest BCUT2D eigenvalue weighted by molar-refractivity contribution is -0.115. The highest BCUT2D eigenvalue weighted by Crippen LogP contribution is 2.37. The maximum Gasteiger partial charge on any atom is 0.168 e. The molecule has 1 N–H and O–H groups in total. The first-order chi connectivity index (χ1) is 14.6. The Hall–Kier alpha value is -3.80. The third-order valence-electron chi connectivity index (χ3n) is 5.12. The van der Waals surface area contributed by atoms with Crippen molar-refractivity contribution in [2.24, 2.45) is 0 Å². The van der Waals surface area contributed by atoms with Gasteiger partial charge in [-0.2, -0.15) is 0 Å². The molecular formula is C24H22N2O4. The van der Waals surface area contributed by atoms with E-state index in [2.05, 4.69) is 4.98 Å². The number of hydrogen-bond acceptors (Lipinski definition) is 6. The number of nitrogens with zero attached hydrogens (tertiary/aromatic N) is 2. The molecule has 2 heterocycles. The summed E-state index contributed by atoms with van der Waals surface area (Å²) in [6.45, 7) is 0.242. The number of carbonyl (C=O) groups is 1. The van der Waals surface area contributed by atoms with Gasteiger partial charge in [-0.3, -0.25) is 4.79 Å². The van der Waals surface area contributed by atoms with Crippen molar-refractivity contribution in [1.29, 1.82) is 0 Å². The number of aliphatic hydroxyl groups is 1. The molecule has 0 spiro atoms. The first kappa shape index (κ1) is 19.5. The van der Waals surface area contributed by atoms with Gasteiger partial charge in [-0.05, 0) is 42.0 Å². The fraction of sp³-hybridized carbons (Fsp3) is 0.167. The molecule has 1 aliphatic heterocycles. The van der Waals surface area contributed by atoms with Gasteiger partial charge in [0.15, 0.2) is 17.3 Å². The first-order valence-corrected chi connectivity index (χ1v) is 9.56. The summed E-state index contributed by atoms with van der Waals surface area (Å²) in [5, 5.41) is 10.9. The first-order valence-electron chi connectivity index (χ1n) is 9.56. The smallest absolute Gasteiger partial charge is 0.168 e. The highest BCUT2D eigenvalue weighted by molar-refractivity contribution is 6.05.